The van der Waals surface area contributed by atoms with E-state index in [9.17, 15) is 9.90 Å². The Bertz CT molecular complexity index is 479. The van der Waals surface area contributed by atoms with E-state index in [2.05, 4.69) is 9.97 Å². The number of aryl methyl sites for hydroxylation is 2. The Balaban J connectivity index is 2.35. The summed E-state index contributed by atoms with van der Waals surface area (Å²) in [6, 6.07) is 0. The molecule has 0 radical (unpaired) electrons. The van der Waals surface area contributed by atoms with Crippen LogP contribution in [0, 0.1) is 13.8 Å². The normalized spacial score (nSPS) is 19.3. The molecule has 1 saturated heterocycles. The van der Waals surface area contributed by atoms with Gasteiger partial charge in [0.25, 0.3) is 5.91 Å². The minimum atomic E-state index is -0.404. The molecule has 0 saturated carbocycles. The van der Waals surface area contributed by atoms with Crippen molar-refractivity contribution < 1.29 is 9.90 Å². The van der Waals surface area contributed by atoms with Gasteiger partial charge >= 0.3 is 0 Å². The van der Waals surface area contributed by atoms with E-state index in [4.69, 9.17) is 0 Å². The summed E-state index contributed by atoms with van der Waals surface area (Å²) in [4.78, 5) is 22.7. The second kappa shape index (κ2) is 5.24. The minimum absolute atomic E-state index is 0.0756. The number of β-amino-alcohol motifs (C(OH)–C–C–N with tert-alkyl or cyclic N) is 1. The Kier molecular flexibility index (Phi) is 3.87. The van der Waals surface area contributed by atoms with Gasteiger partial charge < -0.3 is 10.0 Å². The maximum atomic E-state index is 12.4. The first-order valence-corrected chi connectivity index (χ1v) is 7.12. The van der Waals surface area contributed by atoms with Crippen LogP contribution >= 0.6 is 11.8 Å². The van der Waals surface area contributed by atoms with Crippen molar-refractivity contribution in [1.82, 2.24) is 14.9 Å². The van der Waals surface area contributed by atoms with Crippen LogP contribution in [0.1, 0.15) is 28.3 Å². The third kappa shape index (κ3) is 2.49. The highest BCUT2D eigenvalue weighted by Crippen LogP contribution is 2.23. The van der Waals surface area contributed by atoms with Gasteiger partial charge in [0, 0.05) is 13.1 Å². The van der Waals surface area contributed by atoms with Crippen LogP contribution in [0.2, 0.25) is 0 Å². The van der Waals surface area contributed by atoms with Crippen LogP contribution in [0.4, 0.5) is 0 Å². The molecule has 1 aromatic heterocycles. The third-order valence-corrected chi connectivity index (χ3v) is 3.71. The van der Waals surface area contributed by atoms with E-state index in [1.165, 1.54) is 11.8 Å². The monoisotopic (exact) mass is 267 g/mol. The fourth-order valence-corrected chi connectivity index (χ4v) is 2.82. The Labute approximate surface area is 111 Å². The van der Waals surface area contributed by atoms with Crippen LogP contribution in [0.5, 0.6) is 0 Å². The number of rotatable bonds is 2. The first kappa shape index (κ1) is 13.3. The Morgan fingerprint density at radius 1 is 1.44 bits per heavy atom. The van der Waals surface area contributed by atoms with Crippen molar-refractivity contribution in [2.45, 2.75) is 31.4 Å². The molecule has 1 N–H and O–H groups in total. The number of nitrogens with zero attached hydrogens (tertiary/aromatic N) is 3. The lowest BCUT2D eigenvalue weighted by Crippen LogP contribution is -2.31. The van der Waals surface area contributed by atoms with Crippen LogP contribution in [0.15, 0.2) is 5.03 Å². The summed E-state index contributed by atoms with van der Waals surface area (Å²) in [5.74, 6) is 0.600. The molecule has 1 fully saturated rings. The second-order valence-electron chi connectivity index (χ2n) is 4.43. The molecule has 0 aromatic carbocycles. The fourth-order valence-electron chi connectivity index (χ4n) is 2.16. The summed E-state index contributed by atoms with van der Waals surface area (Å²) in [6.07, 6.45) is 2.14. The smallest absolute Gasteiger partial charge is 0.258 e. The maximum absolute atomic E-state index is 12.4. The van der Waals surface area contributed by atoms with Gasteiger partial charge in [-0.25, -0.2) is 9.97 Å². The number of hydrogen-bond acceptors (Lipinski definition) is 5. The van der Waals surface area contributed by atoms with Gasteiger partial charge in [-0.3, -0.25) is 4.79 Å². The molecular weight excluding hydrogens is 250 g/mol. The molecular formula is C12H17N3O2S. The van der Waals surface area contributed by atoms with Gasteiger partial charge in [-0.1, -0.05) is 0 Å². The predicted molar refractivity (Wildman–Crippen MR) is 69.8 cm³/mol. The number of carbonyl (C=O) groups is 1. The summed E-state index contributed by atoms with van der Waals surface area (Å²) in [6.45, 7) is 4.65. The number of hydrogen-bond donors (Lipinski definition) is 1. The van der Waals surface area contributed by atoms with E-state index in [0.29, 0.717) is 41.6 Å². The molecule has 18 heavy (non-hydrogen) atoms. The van der Waals surface area contributed by atoms with E-state index in [1.807, 2.05) is 20.1 Å². The number of aliphatic hydroxyl groups excluding tert-OH is 1. The highest BCUT2D eigenvalue weighted by atomic mass is 32.2. The third-order valence-electron chi connectivity index (χ3n) is 3.03. The standard InChI is InChI=1S/C12H17N3O2S/c1-7-10(11(18-3)14-8(2)13-7)12(17)15-5-4-9(16)6-15/h9,16H,4-6H2,1-3H3/t9-/m1/s1. The molecule has 5 nitrogen and oxygen atoms in total. The molecule has 1 amide bonds. The summed E-state index contributed by atoms with van der Waals surface area (Å²) >= 11 is 1.45. The molecule has 1 aliphatic heterocycles. The van der Waals surface area contributed by atoms with Crippen LogP contribution in [-0.4, -0.2) is 51.3 Å². The molecule has 0 aliphatic carbocycles. The van der Waals surface area contributed by atoms with Gasteiger partial charge in [-0.15, -0.1) is 11.8 Å². The van der Waals surface area contributed by atoms with E-state index < -0.39 is 6.10 Å². The van der Waals surface area contributed by atoms with Crippen molar-refractivity contribution in [1.29, 1.82) is 0 Å². The van der Waals surface area contributed by atoms with Gasteiger partial charge in [0.1, 0.15) is 10.9 Å². The van der Waals surface area contributed by atoms with Crippen molar-refractivity contribution in [3.05, 3.63) is 17.1 Å². The molecule has 0 unspecified atom stereocenters. The van der Waals surface area contributed by atoms with Crippen LogP contribution < -0.4 is 0 Å². The Morgan fingerprint density at radius 2 is 2.17 bits per heavy atom. The van der Waals surface area contributed by atoms with E-state index >= 15 is 0 Å². The van der Waals surface area contributed by atoms with Crippen LogP contribution in [0.3, 0.4) is 0 Å². The summed E-state index contributed by atoms with van der Waals surface area (Å²) in [7, 11) is 0. The molecule has 98 valence electrons. The highest BCUT2D eigenvalue weighted by Gasteiger charge is 2.28. The lowest BCUT2D eigenvalue weighted by atomic mass is 10.2. The van der Waals surface area contributed by atoms with Gasteiger partial charge in [-0.05, 0) is 26.5 Å². The summed E-state index contributed by atoms with van der Waals surface area (Å²) < 4.78 is 0. The maximum Gasteiger partial charge on any atom is 0.258 e. The molecule has 0 bridgehead atoms. The van der Waals surface area contributed by atoms with Crippen molar-refractivity contribution in [3.8, 4) is 0 Å². The zero-order chi connectivity index (χ0) is 13.3. The molecule has 1 aromatic rings. The average molecular weight is 267 g/mol. The number of carbonyl (C=O) groups excluding carboxylic acids is 1. The number of aromatic nitrogens is 2. The highest BCUT2D eigenvalue weighted by molar-refractivity contribution is 7.98. The van der Waals surface area contributed by atoms with Crippen molar-refractivity contribution in [2.24, 2.45) is 0 Å². The fraction of sp³-hybridized carbons (Fsp3) is 0.583. The van der Waals surface area contributed by atoms with Gasteiger partial charge in [0.15, 0.2) is 0 Å². The largest absolute Gasteiger partial charge is 0.391 e. The molecule has 2 rings (SSSR count). The van der Waals surface area contributed by atoms with Crippen molar-refractivity contribution >= 4 is 17.7 Å². The number of likely N-dealkylation sites (tertiary alicyclic amines) is 1. The SMILES string of the molecule is CSc1nc(C)nc(C)c1C(=O)N1CC[C@@H](O)C1. The van der Waals surface area contributed by atoms with Gasteiger partial charge in [-0.2, -0.15) is 0 Å². The first-order chi connectivity index (χ1) is 8.52. The minimum Gasteiger partial charge on any atom is -0.391 e. The van der Waals surface area contributed by atoms with E-state index in [-0.39, 0.29) is 5.91 Å². The van der Waals surface area contributed by atoms with Gasteiger partial charge in [0.2, 0.25) is 0 Å². The number of thioether (sulfide) groups is 1. The zero-order valence-electron chi connectivity index (χ0n) is 10.8. The Hall–Kier alpha value is -1.14. The average Bonchev–Trinajstić information content (AvgIpc) is 2.74. The summed E-state index contributed by atoms with van der Waals surface area (Å²) in [5.41, 5.74) is 1.28. The molecule has 6 heteroatoms. The molecule has 1 atom stereocenters. The van der Waals surface area contributed by atoms with Crippen molar-refractivity contribution in [2.75, 3.05) is 19.3 Å². The van der Waals surface area contributed by atoms with E-state index in [0.717, 1.165) is 0 Å². The molecule has 2 heterocycles. The first-order valence-electron chi connectivity index (χ1n) is 5.89. The number of amides is 1. The van der Waals surface area contributed by atoms with Crippen LogP contribution in [0.25, 0.3) is 0 Å². The predicted octanol–water partition coefficient (Wildman–Crippen LogP) is 1.02. The summed E-state index contributed by atoms with van der Waals surface area (Å²) in [5, 5.41) is 10.2. The van der Waals surface area contributed by atoms with Crippen LogP contribution in [-0.2, 0) is 0 Å². The second-order valence-corrected chi connectivity index (χ2v) is 5.23. The molecule has 0 spiro atoms. The quantitative estimate of drug-likeness (QED) is 0.640. The lowest BCUT2D eigenvalue weighted by molar-refractivity contribution is 0.0759. The topological polar surface area (TPSA) is 66.3 Å². The number of aliphatic hydroxyl groups is 1. The zero-order valence-corrected chi connectivity index (χ0v) is 11.6. The lowest BCUT2D eigenvalue weighted by Gasteiger charge is -2.18. The van der Waals surface area contributed by atoms with Crippen molar-refractivity contribution in [3.63, 3.8) is 0 Å². The Morgan fingerprint density at radius 3 is 2.72 bits per heavy atom. The molecule has 1 aliphatic rings. The van der Waals surface area contributed by atoms with Gasteiger partial charge in [0.05, 0.1) is 17.4 Å². The van der Waals surface area contributed by atoms with E-state index in [1.54, 1.807) is 4.90 Å².